The lowest BCUT2D eigenvalue weighted by molar-refractivity contribution is -0.161. The Hall–Kier alpha value is -3.28. The minimum atomic E-state index is -0.813. The van der Waals surface area contributed by atoms with E-state index in [1.165, 1.54) is 0 Å². The number of ether oxygens (including phenoxy) is 3. The van der Waals surface area contributed by atoms with Crippen molar-refractivity contribution >= 4 is 11.6 Å². The van der Waals surface area contributed by atoms with Gasteiger partial charge in [-0.3, -0.25) is 9.59 Å². The predicted molar refractivity (Wildman–Crippen MR) is 139 cm³/mol. The van der Waals surface area contributed by atoms with Crippen LogP contribution >= 0.6 is 0 Å². The minimum absolute atomic E-state index is 0.00159. The molecule has 0 bridgehead atoms. The molecule has 0 heterocycles. The van der Waals surface area contributed by atoms with Crippen molar-refractivity contribution in [1.82, 2.24) is 0 Å². The average Bonchev–Trinajstić information content (AvgIpc) is 2.93. The molecular weight excluding hydrogens is 440 g/mol. The summed E-state index contributed by atoms with van der Waals surface area (Å²) in [6.45, 7) is 7.95. The normalized spacial score (nSPS) is 13.1. The van der Waals surface area contributed by atoms with E-state index in [2.05, 4.69) is 0 Å². The van der Waals surface area contributed by atoms with E-state index in [-0.39, 0.29) is 23.8 Å². The quantitative estimate of drug-likeness (QED) is 0.226. The summed E-state index contributed by atoms with van der Waals surface area (Å²) in [7, 11) is 1.61. The first kappa shape index (κ1) is 28.0. The Kier molecular flexibility index (Phi) is 11.9. The van der Waals surface area contributed by atoms with Crippen molar-refractivity contribution in [2.75, 3.05) is 7.11 Å². The van der Waals surface area contributed by atoms with Crippen molar-refractivity contribution in [2.45, 2.75) is 59.0 Å². The van der Waals surface area contributed by atoms with Crippen molar-refractivity contribution in [2.24, 2.45) is 0 Å². The zero-order valence-corrected chi connectivity index (χ0v) is 21.3. The second-order valence-electron chi connectivity index (χ2n) is 8.20. The van der Waals surface area contributed by atoms with Gasteiger partial charge in [-0.1, -0.05) is 74.5 Å². The van der Waals surface area contributed by atoms with Crippen LogP contribution in [-0.2, 0) is 9.47 Å². The van der Waals surface area contributed by atoms with Gasteiger partial charge in [0, 0.05) is 16.7 Å². The standard InChI is InChI=1S/C16H24O3.C14H12O2/c1-5-12(3)18-16(19-13(4)6-2)15(17)14-10-8-7-9-11-14;1-16-13-9-7-12(8-10-13)14(15)11-5-3-2-4-6-11/h7-13,16H,5-6H2,1-4H3;2-10H,1H3. The highest BCUT2D eigenvalue weighted by Gasteiger charge is 2.25. The van der Waals surface area contributed by atoms with Crippen LogP contribution in [0.15, 0.2) is 84.9 Å². The Bertz CT molecular complexity index is 1000. The lowest BCUT2D eigenvalue weighted by Crippen LogP contribution is -2.33. The average molecular weight is 477 g/mol. The Morgan fingerprint density at radius 2 is 1.09 bits per heavy atom. The second-order valence-corrected chi connectivity index (χ2v) is 8.20. The van der Waals surface area contributed by atoms with Crippen LogP contribution in [0.1, 0.15) is 66.8 Å². The summed E-state index contributed by atoms with van der Waals surface area (Å²) in [5.41, 5.74) is 2.00. The van der Waals surface area contributed by atoms with Crippen LogP contribution in [0.3, 0.4) is 0 Å². The van der Waals surface area contributed by atoms with Crippen molar-refractivity contribution in [3.05, 3.63) is 102 Å². The van der Waals surface area contributed by atoms with Crippen LogP contribution < -0.4 is 4.74 Å². The van der Waals surface area contributed by atoms with Crippen LogP contribution in [0.25, 0.3) is 0 Å². The van der Waals surface area contributed by atoms with E-state index in [9.17, 15) is 9.59 Å². The first-order valence-corrected chi connectivity index (χ1v) is 12.0. The van der Waals surface area contributed by atoms with Crippen LogP contribution in [0.2, 0.25) is 0 Å². The summed E-state index contributed by atoms with van der Waals surface area (Å²) in [4.78, 5) is 24.4. The van der Waals surface area contributed by atoms with E-state index in [4.69, 9.17) is 14.2 Å². The number of benzene rings is 3. The molecule has 0 N–H and O–H groups in total. The van der Waals surface area contributed by atoms with Gasteiger partial charge in [-0.2, -0.15) is 0 Å². The van der Waals surface area contributed by atoms with E-state index >= 15 is 0 Å². The topological polar surface area (TPSA) is 61.8 Å². The minimum Gasteiger partial charge on any atom is -0.497 e. The van der Waals surface area contributed by atoms with Crippen LogP contribution in [-0.4, -0.2) is 37.2 Å². The van der Waals surface area contributed by atoms with Crippen molar-refractivity contribution < 1.29 is 23.8 Å². The fourth-order valence-electron chi connectivity index (χ4n) is 3.01. The van der Waals surface area contributed by atoms with Gasteiger partial charge < -0.3 is 14.2 Å². The maximum Gasteiger partial charge on any atom is 0.223 e. The SMILES string of the molecule is CCC(C)OC(OC(C)CC)C(=O)c1ccccc1.COc1ccc(C(=O)c2ccccc2)cc1. The van der Waals surface area contributed by atoms with E-state index in [0.717, 1.165) is 18.6 Å². The number of rotatable bonds is 11. The number of Topliss-reactive ketones (excluding diaryl/α,β-unsaturated/α-hetero) is 1. The number of methoxy groups -OCH3 is 1. The smallest absolute Gasteiger partial charge is 0.223 e. The third kappa shape index (κ3) is 9.12. The van der Waals surface area contributed by atoms with E-state index in [1.54, 1.807) is 43.5 Å². The molecule has 2 atom stereocenters. The third-order valence-corrected chi connectivity index (χ3v) is 5.52. The molecule has 0 aliphatic heterocycles. The summed E-state index contributed by atoms with van der Waals surface area (Å²) >= 11 is 0. The van der Waals surface area contributed by atoms with Crippen molar-refractivity contribution in [1.29, 1.82) is 0 Å². The molecular formula is C30H36O5. The molecule has 2 unspecified atom stereocenters. The maximum atomic E-state index is 12.4. The summed E-state index contributed by atoms with van der Waals surface area (Å²) < 4.78 is 16.5. The first-order valence-electron chi connectivity index (χ1n) is 12.0. The Balaban J connectivity index is 0.000000250. The second kappa shape index (κ2) is 14.9. The lowest BCUT2D eigenvalue weighted by Gasteiger charge is -2.24. The van der Waals surface area contributed by atoms with Crippen LogP contribution in [0.4, 0.5) is 0 Å². The molecule has 0 aromatic heterocycles. The zero-order valence-electron chi connectivity index (χ0n) is 21.3. The number of hydrogen-bond donors (Lipinski definition) is 0. The number of hydrogen-bond acceptors (Lipinski definition) is 5. The number of carbonyl (C=O) groups excluding carboxylic acids is 2. The zero-order chi connectivity index (χ0) is 25.6. The van der Waals surface area contributed by atoms with Gasteiger partial charge in [0.25, 0.3) is 0 Å². The number of carbonyl (C=O) groups is 2. The van der Waals surface area contributed by atoms with Gasteiger partial charge in [0.15, 0.2) is 5.78 Å². The fraction of sp³-hybridized carbons (Fsp3) is 0.333. The van der Waals surface area contributed by atoms with E-state index < -0.39 is 6.29 Å². The molecule has 3 rings (SSSR count). The molecule has 0 saturated heterocycles. The highest BCUT2D eigenvalue weighted by Crippen LogP contribution is 2.15. The van der Waals surface area contributed by atoms with Gasteiger partial charge >= 0.3 is 0 Å². The molecule has 0 amide bonds. The molecule has 0 fully saturated rings. The van der Waals surface area contributed by atoms with Crippen LogP contribution in [0.5, 0.6) is 5.75 Å². The summed E-state index contributed by atoms with van der Waals surface area (Å²) in [6.07, 6.45) is 0.890. The fourth-order valence-corrected chi connectivity index (χ4v) is 3.01. The molecule has 186 valence electrons. The Labute approximate surface area is 209 Å². The molecule has 3 aromatic rings. The van der Waals surface area contributed by atoms with Gasteiger partial charge in [-0.05, 0) is 51.0 Å². The van der Waals surface area contributed by atoms with Gasteiger partial charge in [-0.25, -0.2) is 0 Å². The molecule has 5 nitrogen and oxygen atoms in total. The monoisotopic (exact) mass is 476 g/mol. The van der Waals surface area contributed by atoms with Gasteiger partial charge in [0.1, 0.15) is 5.75 Å². The molecule has 0 aliphatic rings. The van der Waals surface area contributed by atoms with Crippen LogP contribution in [0, 0.1) is 0 Å². The van der Waals surface area contributed by atoms with Crippen molar-refractivity contribution in [3.8, 4) is 5.75 Å². The molecule has 5 heteroatoms. The Morgan fingerprint density at radius 1 is 0.657 bits per heavy atom. The van der Waals surface area contributed by atoms with Gasteiger partial charge in [0.2, 0.25) is 12.1 Å². The van der Waals surface area contributed by atoms with E-state index in [0.29, 0.717) is 16.7 Å². The molecule has 3 aromatic carbocycles. The first-order chi connectivity index (χ1) is 16.9. The molecule has 0 aliphatic carbocycles. The highest BCUT2D eigenvalue weighted by atomic mass is 16.7. The molecule has 0 spiro atoms. The lowest BCUT2D eigenvalue weighted by atomic mass is 10.0. The van der Waals surface area contributed by atoms with Gasteiger partial charge in [-0.15, -0.1) is 0 Å². The largest absolute Gasteiger partial charge is 0.497 e. The van der Waals surface area contributed by atoms with E-state index in [1.807, 2.05) is 76.2 Å². The summed E-state index contributed by atoms with van der Waals surface area (Å²) in [5, 5.41) is 0. The summed E-state index contributed by atoms with van der Waals surface area (Å²) in [5.74, 6) is 0.675. The third-order valence-electron chi connectivity index (χ3n) is 5.52. The van der Waals surface area contributed by atoms with Crippen molar-refractivity contribution in [3.63, 3.8) is 0 Å². The highest BCUT2D eigenvalue weighted by molar-refractivity contribution is 6.09. The van der Waals surface area contributed by atoms with Gasteiger partial charge in [0.05, 0.1) is 19.3 Å². The predicted octanol–water partition coefficient (Wildman–Crippen LogP) is 6.75. The maximum absolute atomic E-state index is 12.4. The molecule has 35 heavy (non-hydrogen) atoms. The Morgan fingerprint density at radius 3 is 1.51 bits per heavy atom. The number of ketones is 2. The molecule has 0 radical (unpaired) electrons. The molecule has 0 saturated carbocycles. The summed E-state index contributed by atoms with van der Waals surface area (Å²) in [6, 6.07) is 25.5.